The van der Waals surface area contributed by atoms with E-state index < -0.39 is 0 Å². The van der Waals surface area contributed by atoms with E-state index in [2.05, 4.69) is 0 Å². The van der Waals surface area contributed by atoms with Crippen molar-refractivity contribution >= 4 is 22.6 Å². The molecule has 0 aliphatic carbocycles. The Bertz CT molecular complexity index is 328. The van der Waals surface area contributed by atoms with Gasteiger partial charge in [-0.15, -0.1) is 0 Å². The van der Waals surface area contributed by atoms with Gasteiger partial charge in [0.1, 0.15) is 11.9 Å². The van der Waals surface area contributed by atoms with Crippen molar-refractivity contribution in [1.29, 1.82) is 5.26 Å². The molecule has 0 aliphatic rings. The minimum Gasteiger partial charge on any atom is -0.207 e. The van der Waals surface area contributed by atoms with E-state index in [1.54, 1.807) is 6.92 Å². The molecule has 1 aromatic carbocycles. The first kappa shape index (κ1) is 8.47. The fraction of sp³-hybridized carbons (Fsp3) is 0.125. The lowest BCUT2D eigenvalue weighted by molar-refractivity contribution is 0.625. The van der Waals surface area contributed by atoms with Crippen LogP contribution in [0.3, 0.4) is 0 Å². The third kappa shape index (κ3) is 1.69. The van der Waals surface area contributed by atoms with E-state index in [9.17, 15) is 4.39 Å². The van der Waals surface area contributed by atoms with Crippen LogP contribution in [0.4, 0.5) is 4.39 Å². The summed E-state index contributed by atoms with van der Waals surface area (Å²) < 4.78 is 13.5. The van der Waals surface area contributed by atoms with Crippen LogP contribution in [0.1, 0.15) is 11.1 Å². The van der Waals surface area contributed by atoms with Gasteiger partial charge in [-0.05, 0) is 47.2 Å². The number of aryl methyl sites for hydroxylation is 1. The van der Waals surface area contributed by atoms with E-state index in [1.165, 1.54) is 12.1 Å². The molecule has 11 heavy (non-hydrogen) atoms. The highest BCUT2D eigenvalue weighted by Gasteiger charge is 2.03. The van der Waals surface area contributed by atoms with Gasteiger partial charge < -0.3 is 0 Å². The minimum atomic E-state index is -0.348. The third-order valence-electron chi connectivity index (χ3n) is 1.34. The second-order valence-corrected chi connectivity index (χ2v) is 3.27. The number of hydrogen-bond donors (Lipinski definition) is 0. The van der Waals surface area contributed by atoms with Gasteiger partial charge in [-0.25, -0.2) is 4.39 Å². The molecule has 0 radical (unpaired) electrons. The second-order valence-electron chi connectivity index (χ2n) is 2.20. The molecule has 0 saturated carbocycles. The Kier molecular flexibility index (Phi) is 2.45. The zero-order valence-corrected chi connectivity index (χ0v) is 8.02. The van der Waals surface area contributed by atoms with Crippen LogP contribution in [0.5, 0.6) is 0 Å². The summed E-state index contributed by atoms with van der Waals surface area (Å²) in [7, 11) is 0. The Morgan fingerprint density at radius 3 is 2.73 bits per heavy atom. The summed E-state index contributed by atoms with van der Waals surface area (Å²) in [5, 5.41) is 8.55. The summed E-state index contributed by atoms with van der Waals surface area (Å²) in [6.07, 6.45) is 0. The zero-order chi connectivity index (χ0) is 8.43. The molecule has 0 atom stereocenters. The monoisotopic (exact) mass is 261 g/mol. The molecule has 0 aromatic heterocycles. The first-order valence-electron chi connectivity index (χ1n) is 3.01. The van der Waals surface area contributed by atoms with Crippen LogP contribution in [-0.2, 0) is 0 Å². The molecular weight excluding hydrogens is 256 g/mol. The number of nitrogens with zero attached hydrogens (tertiary/aromatic N) is 1. The fourth-order valence-electron chi connectivity index (χ4n) is 0.807. The maximum Gasteiger partial charge on any atom is 0.124 e. The number of benzene rings is 1. The average molecular weight is 261 g/mol. The molecule has 0 heterocycles. The van der Waals surface area contributed by atoms with Crippen molar-refractivity contribution in [2.75, 3.05) is 0 Å². The predicted octanol–water partition coefficient (Wildman–Crippen LogP) is 2.61. The second kappa shape index (κ2) is 3.18. The van der Waals surface area contributed by atoms with E-state index in [1.807, 2.05) is 28.7 Å². The Balaban J connectivity index is 3.39. The third-order valence-corrected chi connectivity index (χ3v) is 2.77. The molecule has 0 bridgehead atoms. The predicted molar refractivity (Wildman–Crippen MR) is 48.6 cm³/mol. The van der Waals surface area contributed by atoms with Gasteiger partial charge in [0.15, 0.2) is 0 Å². The number of hydrogen-bond acceptors (Lipinski definition) is 1. The smallest absolute Gasteiger partial charge is 0.124 e. The summed E-state index contributed by atoms with van der Waals surface area (Å²) in [6, 6.07) is 4.59. The molecule has 0 N–H and O–H groups in total. The summed E-state index contributed by atoms with van der Waals surface area (Å²) in [5.74, 6) is -0.348. The standard InChI is InChI=1S/C8H5FIN/c1-5-2-7(9)3-6(4-11)8(5)10/h2-3H,1H3. The Morgan fingerprint density at radius 2 is 2.18 bits per heavy atom. The number of halogens is 2. The maximum atomic E-state index is 12.6. The fourth-order valence-corrected chi connectivity index (χ4v) is 1.24. The van der Waals surface area contributed by atoms with Crippen LogP contribution in [0.2, 0.25) is 0 Å². The van der Waals surface area contributed by atoms with Gasteiger partial charge in [0.25, 0.3) is 0 Å². The quantitative estimate of drug-likeness (QED) is 0.658. The molecule has 1 rings (SSSR count). The first-order valence-corrected chi connectivity index (χ1v) is 4.09. The molecule has 0 amide bonds. The Labute approximate surface area is 78.0 Å². The average Bonchev–Trinajstić information content (AvgIpc) is 1.96. The largest absolute Gasteiger partial charge is 0.207 e. The van der Waals surface area contributed by atoms with Gasteiger partial charge in [0.2, 0.25) is 0 Å². The zero-order valence-electron chi connectivity index (χ0n) is 5.86. The van der Waals surface area contributed by atoms with Gasteiger partial charge in [-0.1, -0.05) is 0 Å². The van der Waals surface area contributed by atoms with Crippen LogP contribution in [-0.4, -0.2) is 0 Å². The maximum absolute atomic E-state index is 12.6. The highest BCUT2D eigenvalue weighted by molar-refractivity contribution is 14.1. The lowest BCUT2D eigenvalue weighted by Gasteiger charge is -1.99. The van der Waals surface area contributed by atoms with E-state index in [4.69, 9.17) is 5.26 Å². The minimum absolute atomic E-state index is 0.348. The molecule has 1 nitrogen and oxygen atoms in total. The van der Waals surface area contributed by atoms with Gasteiger partial charge in [0, 0.05) is 3.57 Å². The van der Waals surface area contributed by atoms with Crippen molar-refractivity contribution < 1.29 is 4.39 Å². The van der Waals surface area contributed by atoms with Gasteiger partial charge >= 0.3 is 0 Å². The van der Waals surface area contributed by atoms with Crippen molar-refractivity contribution in [3.05, 3.63) is 32.6 Å². The van der Waals surface area contributed by atoms with Crippen molar-refractivity contribution in [2.45, 2.75) is 6.92 Å². The molecule has 1 aromatic rings. The normalized spacial score (nSPS) is 9.27. The van der Waals surface area contributed by atoms with E-state index in [-0.39, 0.29) is 5.82 Å². The van der Waals surface area contributed by atoms with Crippen LogP contribution >= 0.6 is 22.6 Å². The number of nitriles is 1. The van der Waals surface area contributed by atoms with Gasteiger partial charge in [-0.2, -0.15) is 5.26 Å². The molecule has 0 unspecified atom stereocenters. The molecule has 3 heteroatoms. The highest BCUT2D eigenvalue weighted by atomic mass is 127. The van der Waals surface area contributed by atoms with Crippen LogP contribution in [0.25, 0.3) is 0 Å². The number of rotatable bonds is 0. The lowest BCUT2D eigenvalue weighted by Crippen LogP contribution is -1.88. The van der Waals surface area contributed by atoms with Crippen molar-refractivity contribution in [1.82, 2.24) is 0 Å². The van der Waals surface area contributed by atoms with Gasteiger partial charge in [0.05, 0.1) is 5.56 Å². The summed E-state index contributed by atoms with van der Waals surface area (Å²) in [4.78, 5) is 0. The lowest BCUT2D eigenvalue weighted by atomic mass is 10.1. The van der Waals surface area contributed by atoms with Crippen molar-refractivity contribution in [2.24, 2.45) is 0 Å². The molecular formula is C8H5FIN. The van der Waals surface area contributed by atoms with E-state index in [0.717, 1.165) is 9.13 Å². The van der Waals surface area contributed by atoms with Crippen molar-refractivity contribution in [3.63, 3.8) is 0 Å². The molecule has 0 aliphatic heterocycles. The highest BCUT2D eigenvalue weighted by Crippen LogP contribution is 2.17. The summed E-state index contributed by atoms with van der Waals surface area (Å²) in [6.45, 7) is 1.78. The Hall–Kier alpha value is -0.630. The molecule has 0 spiro atoms. The summed E-state index contributed by atoms with van der Waals surface area (Å²) >= 11 is 2.03. The molecule has 0 fully saturated rings. The first-order chi connectivity index (χ1) is 5.15. The Morgan fingerprint density at radius 1 is 1.55 bits per heavy atom. The van der Waals surface area contributed by atoms with Crippen LogP contribution in [0, 0.1) is 27.6 Å². The topological polar surface area (TPSA) is 23.8 Å². The molecule has 56 valence electrons. The van der Waals surface area contributed by atoms with E-state index in [0.29, 0.717) is 5.56 Å². The van der Waals surface area contributed by atoms with Crippen molar-refractivity contribution in [3.8, 4) is 6.07 Å². The summed E-state index contributed by atoms with van der Waals surface area (Å²) in [5.41, 5.74) is 1.21. The SMILES string of the molecule is Cc1cc(F)cc(C#N)c1I. The van der Waals surface area contributed by atoms with E-state index >= 15 is 0 Å². The van der Waals surface area contributed by atoms with Gasteiger partial charge in [-0.3, -0.25) is 0 Å². The van der Waals surface area contributed by atoms with Crippen LogP contribution < -0.4 is 0 Å². The van der Waals surface area contributed by atoms with Crippen LogP contribution in [0.15, 0.2) is 12.1 Å². The molecule has 0 saturated heterocycles.